The van der Waals surface area contributed by atoms with Crippen LogP contribution in [0, 0.1) is 6.92 Å². The van der Waals surface area contributed by atoms with Crippen molar-refractivity contribution in [2.45, 2.75) is 11.8 Å². The molecule has 128 valence electrons. The molecule has 3 rings (SSSR count). The van der Waals surface area contributed by atoms with Crippen molar-refractivity contribution in [3.63, 3.8) is 0 Å². The van der Waals surface area contributed by atoms with Gasteiger partial charge in [-0.05, 0) is 24.6 Å². The van der Waals surface area contributed by atoms with E-state index in [2.05, 4.69) is 10.3 Å². The van der Waals surface area contributed by atoms with Crippen molar-refractivity contribution in [2.75, 3.05) is 5.32 Å². The van der Waals surface area contributed by atoms with Gasteiger partial charge in [-0.2, -0.15) is 0 Å². The topological polar surface area (TPSA) is 102 Å². The number of hydrogen-bond acceptors (Lipinski definition) is 5. The van der Waals surface area contributed by atoms with Gasteiger partial charge in [0.25, 0.3) is 5.91 Å². The summed E-state index contributed by atoms with van der Waals surface area (Å²) in [6.07, 6.45) is 1.50. The molecule has 0 bridgehead atoms. The normalized spacial score (nSPS) is 11.3. The highest BCUT2D eigenvalue weighted by molar-refractivity contribution is 7.89. The van der Waals surface area contributed by atoms with E-state index in [0.29, 0.717) is 16.1 Å². The lowest BCUT2D eigenvalue weighted by Gasteiger charge is -2.08. The first-order valence-electron chi connectivity index (χ1n) is 7.30. The monoisotopic (exact) mass is 373 g/mol. The van der Waals surface area contributed by atoms with Crippen molar-refractivity contribution >= 4 is 33.0 Å². The molecule has 0 spiro atoms. The molecule has 0 saturated heterocycles. The van der Waals surface area contributed by atoms with Crippen LogP contribution in [0.3, 0.4) is 0 Å². The Labute approximate surface area is 149 Å². The van der Waals surface area contributed by atoms with Crippen molar-refractivity contribution < 1.29 is 13.2 Å². The molecule has 1 amide bonds. The molecule has 1 heterocycles. The van der Waals surface area contributed by atoms with Crippen LogP contribution < -0.4 is 10.5 Å². The van der Waals surface area contributed by atoms with Crippen molar-refractivity contribution in [2.24, 2.45) is 5.14 Å². The van der Waals surface area contributed by atoms with Gasteiger partial charge in [0.1, 0.15) is 9.88 Å². The van der Waals surface area contributed by atoms with Gasteiger partial charge < -0.3 is 5.32 Å². The van der Waals surface area contributed by atoms with Gasteiger partial charge in [-0.15, -0.1) is 11.3 Å². The second-order valence-electron chi connectivity index (χ2n) is 5.38. The third kappa shape index (κ3) is 3.93. The number of aromatic nitrogens is 1. The Bertz CT molecular complexity index is 1030. The highest BCUT2D eigenvalue weighted by Crippen LogP contribution is 2.26. The second kappa shape index (κ2) is 6.75. The number of anilines is 1. The zero-order valence-electron chi connectivity index (χ0n) is 13.3. The smallest absolute Gasteiger partial charge is 0.267 e. The maximum absolute atomic E-state index is 12.4. The number of aryl methyl sites for hydroxylation is 1. The number of nitrogens with two attached hydrogens (primary N) is 1. The van der Waals surface area contributed by atoms with Gasteiger partial charge in [-0.3, -0.25) is 4.79 Å². The minimum Gasteiger partial charge on any atom is -0.321 e. The molecule has 0 aliphatic rings. The highest BCUT2D eigenvalue weighted by atomic mass is 32.2. The minimum atomic E-state index is -3.85. The first kappa shape index (κ1) is 17.3. The molecule has 0 unspecified atom stereocenters. The van der Waals surface area contributed by atoms with Crippen LogP contribution in [-0.4, -0.2) is 19.3 Å². The fraction of sp³-hybridized carbons (Fsp3) is 0.0588. The number of sulfonamides is 1. The first-order chi connectivity index (χ1) is 11.8. The van der Waals surface area contributed by atoms with E-state index in [1.807, 2.05) is 30.3 Å². The first-order valence-corrected chi connectivity index (χ1v) is 9.67. The maximum atomic E-state index is 12.4. The Balaban J connectivity index is 1.83. The molecule has 0 atom stereocenters. The Morgan fingerprint density at radius 3 is 2.56 bits per heavy atom. The number of thiazole rings is 1. The Morgan fingerprint density at radius 2 is 1.88 bits per heavy atom. The number of primary sulfonamides is 1. The largest absolute Gasteiger partial charge is 0.321 e. The Hall–Kier alpha value is -2.55. The predicted octanol–water partition coefficient (Wildman–Crippen LogP) is 3.02. The van der Waals surface area contributed by atoms with Gasteiger partial charge in [0, 0.05) is 11.3 Å². The van der Waals surface area contributed by atoms with Crippen LogP contribution in [0.25, 0.3) is 10.6 Å². The molecule has 3 N–H and O–H groups in total. The van der Waals surface area contributed by atoms with E-state index in [-0.39, 0.29) is 10.8 Å². The number of carbonyl (C=O) groups is 1. The second-order valence-corrected chi connectivity index (χ2v) is 7.94. The van der Waals surface area contributed by atoms with Gasteiger partial charge in [0.2, 0.25) is 10.0 Å². The summed E-state index contributed by atoms with van der Waals surface area (Å²) in [6, 6.07) is 14.1. The number of hydrogen-bond donors (Lipinski definition) is 2. The number of nitrogens with zero attached hydrogens (tertiary/aromatic N) is 1. The van der Waals surface area contributed by atoms with E-state index < -0.39 is 10.0 Å². The van der Waals surface area contributed by atoms with Crippen molar-refractivity contribution in [1.82, 2.24) is 4.98 Å². The molecule has 3 aromatic rings. The summed E-state index contributed by atoms with van der Waals surface area (Å²) < 4.78 is 23.2. The number of amides is 1. The van der Waals surface area contributed by atoms with Crippen LogP contribution in [0.15, 0.2) is 59.6 Å². The fourth-order valence-corrected chi connectivity index (χ4v) is 3.90. The molecule has 0 fully saturated rings. The zero-order chi connectivity index (χ0) is 18.0. The summed E-state index contributed by atoms with van der Waals surface area (Å²) >= 11 is 1.26. The number of rotatable bonds is 4. The third-order valence-corrected chi connectivity index (χ3v) is 5.60. The van der Waals surface area contributed by atoms with E-state index in [1.165, 1.54) is 23.6 Å². The lowest BCUT2D eigenvalue weighted by Crippen LogP contribution is -2.15. The molecular weight excluding hydrogens is 358 g/mol. The van der Waals surface area contributed by atoms with E-state index in [0.717, 1.165) is 10.6 Å². The summed E-state index contributed by atoms with van der Waals surface area (Å²) in [5.41, 5.74) is 1.80. The van der Waals surface area contributed by atoms with E-state index in [9.17, 15) is 13.2 Å². The molecule has 2 aromatic carbocycles. The number of carbonyl (C=O) groups excluding carboxylic acids is 1. The summed E-state index contributed by atoms with van der Waals surface area (Å²) in [4.78, 5) is 17.1. The van der Waals surface area contributed by atoms with Gasteiger partial charge in [0.05, 0.1) is 11.1 Å². The average molecular weight is 373 g/mol. The van der Waals surface area contributed by atoms with E-state index in [1.54, 1.807) is 19.1 Å². The molecule has 0 saturated carbocycles. The standard InChI is InChI=1S/C17H15N3O3S2/c1-11-7-8-13(9-15(11)25(18,22)23)20-16(21)14-10-19-17(24-14)12-5-3-2-4-6-12/h2-10H,1H3,(H,20,21)(H2,18,22,23). The number of nitrogens with one attached hydrogen (secondary N) is 1. The molecule has 25 heavy (non-hydrogen) atoms. The molecule has 0 aliphatic heterocycles. The zero-order valence-corrected chi connectivity index (χ0v) is 14.9. The van der Waals surface area contributed by atoms with Crippen LogP contribution in [0.5, 0.6) is 0 Å². The van der Waals surface area contributed by atoms with Gasteiger partial charge in [-0.1, -0.05) is 36.4 Å². The average Bonchev–Trinajstić information content (AvgIpc) is 3.06. The quantitative estimate of drug-likeness (QED) is 0.734. The molecular formula is C17H15N3O3S2. The Morgan fingerprint density at radius 1 is 1.16 bits per heavy atom. The van der Waals surface area contributed by atoms with Crippen LogP contribution in [0.1, 0.15) is 15.2 Å². The van der Waals surface area contributed by atoms with E-state index in [4.69, 9.17) is 5.14 Å². The lowest BCUT2D eigenvalue weighted by molar-refractivity contribution is 0.103. The molecule has 1 aromatic heterocycles. The Kier molecular flexibility index (Phi) is 4.67. The third-order valence-electron chi connectivity index (χ3n) is 3.50. The SMILES string of the molecule is Cc1ccc(NC(=O)c2cnc(-c3ccccc3)s2)cc1S(N)(=O)=O. The summed E-state index contributed by atoms with van der Waals surface area (Å²) in [6.45, 7) is 1.64. The maximum Gasteiger partial charge on any atom is 0.267 e. The fourth-order valence-electron chi connectivity index (χ4n) is 2.27. The van der Waals surface area contributed by atoms with Gasteiger partial charge in [0.15, 0.2) is 0 Å². The van der Waals surface area contributed by atoms with Crippen LogP contribution in [0.2, 0.25) is 0 Å². The molecule has 6 nitrogen and oxygen atoms in total. The van der Waals surface area contributed by atoms with Crippen molar-refractivity contribution in [3.8, 4) is 10.6 Å². The van der Waals surface area contributed by atoms with E-state index >= 15 is 0 Å². The van der Waals surface area contributed by atoms with Crippen LogP contribution >= 0.6 is 11.3 Å². The summed E-state index contributed by atoms with van der Waals surface area (Å²) in [7, 11) is -3.85. The van der Waals surface area contributed by atoms with Crippen molar-refractivity contribution in [1.29, 1.82) is 0 Å². The molecule has 0 radical (unpaired) electrons. The van der Waals surface area contributed by atoms with Crippen LogP contribution in [0.4, 0.5) is 5.69 Å². The van der Waals surface area contributed by atoms with Crippen molar-refractivity contribution in [3.05, 3.63) is 65.2 Å². The number of benzene rings is 2. The van der Waals surface area contributed by atoms with Gasteiger partial charge in [-0.25, -0.2) is 18.5 Å². The minimum absolute atomic E-state index is 0.0143. The molecule has 0 aliphatic carbocycles. The predicted molar refractivity (Wildman–Crippen MR) is 98.1 cm³/mol. The molecule has 8 heteroatoms. The highest BCUT2D eigenvalue weighted by Gasteiger charge is 2.15. The van der Waals surface area contributed by atoms with Gasteiger partial charge >= 0.3 is 0 Å². The lowest BCUT2D eigenvalue weighted by atomic mass is 10.2. The summed E-state index contributed by atoms with van der Waals surface area (Å²) in [5.74, 6) is -0.357. The van der Waals surface area contributed by atoms with Crippen LogP contribution in [-0.2, 0) is 10.0 Å². The summed E-state index contributed by atoms with van der Waals surface area (Å²) in [5, 5.41) is 8.60.